The second-order valence-corrected chi connectivity index (χ2v) is 13.8. The molecular weight excluding hydrogens is 438 g/mol. The molecule has 0 amide bonds. The molecule has 2 unspecified atom stereocenters. The highest BCUT2D eigenvalue weighted by molar-refractivity contribution is 5.95. The van der Waals surface area contributed by atoms with E-state index in [2.05, 4.69) is 40.9 Å². The Bertz CT molecular complexity index is 1080. The second kappa shape index (κ2) is 6.52. The Morgan fingerprint density at radius 1 is 1.09 bits per heavy atom. The molecule has 0 aromatic carbocycles. The van der Waals surface area contributed by atoms with Crippen molar-refractivity contribution >= 4 is 5.97 Å². The van der Waals surface area contributed by atoms with Gasteiger partial charge in [0.2, 0.25) is 0 Å². The van der Waals surface area contributed by atoms with Crippen LogP contribution >= 0.6 is 0 Å². The maximum absolute atomic E-state index is 13.0. The molecule has 6 rings (SSSR count). The Balaban J connectivity index is 1.62. The van der Waals surface area contributed by atoms with E-state index in [1.54, 1.807) is 6.08 Å². The van der Waals surface area contributed by atoms with Gasteiger partial charge in [-0.15, -0.1) is 13.2 Å². The molecule has 0 saturated heterocycles. The Morgan fingerprint density at radius 3 is 2.34 bits per heavy atom. The summed E-state index contributed by atoms with van der Waals surface area (Å²) in [5.41, 5.74) is 4.74. The van der Waals surface area contributed by atoms with Crippen LogP contribution in [0.15, 0.2) is 36.5 Å². The SMILES string of the molecule is C=CCC1(O)C[C@]2(C)[C@]34CC[C@H]3C[C@@](N)(C(C)C)C(O)(CC=C)[C@@]43C[C@H]3C[C@@]2(C)C2=C1C(=O)OC2. The lowest BCUT2D eigenvalue weighted by molar-refractivity contribution is -0.330. The van der Waals surface area contributed by atoms with Gasteiger partial charge in [0.25, 0.3) is 0 Å². The van der Waals surface area contributed by atoms with Crippen LogP contribution in [-0.4, -0.2) is 39.5 Å². The maximum atomic E-state index is 13.0. The summed E-state index contributed by atoms with van der Waals surface area (Å²) in [5.74, 6) is 0.505. The largest absolute Gasteiger partial charge is 0.458 e. The summed E-state index contributed by atoms with van der Waals surface area (Å²) >= 11 is 0. The molecule has 5 nitrogen and oxygen atoms in total. The number of cyclic esters (lactones) is 1. The first kappa shape index (κ1) is 23.9. The zero-order valence-corrected chi connectivity index (χ0v) is 22.0. The third-order valence-electron chi connectivity index (χ3n) is 13.0. The fourth-order valence-electron chi connectivity index (χ4n) is 11.4. The number of esters is 1. The minimum Gasteiger partial charge on any atom is -0.458 e. The third kappa shape index (κ3) is 2.13. The summed E-state index contributed by atoms with van der Waals surface area (Å²) in [6, 6.07) is 0. The van der Waals surface area contributed by atoms with Crippen molar-refractivity contribution in [2.24, 2.45) is 45.1 Å². The minimum atomic E-state index is -1.29. The minimum absolute atomic E-state index is 0.141. The Hall–Kier alpha value is -1.43. The van der Waals surface area contributed by atoms with Gasteiger partial charge in [-0.2, -0.15) is 0 Å². The van der Waals surface area contributed by atoms with Crippen LogP contribution in [0.4, 0.5) is 0 Å². The van der Waals surface area contributed by atoms with Crippen LogP contribution in [0.5, 0.6) is 0 Å². The maximum Gasteiger partial charge on any atom is 0.337 e. The van der Waals surface area contributed by atoms with E-state index < -0.39 is 16.7 Å². The van der Waals surface area contributed by atoms with Crippen LogP contribution in [0.25, 0.3) is 0 Å². The second-order valence-electron chi connectivity index (χ2n) is 13.8. The molecule has 9 atom stereocenters. The number of nitrogens with two attached hydrogens (primary N) is 1. The van der Waals surface area contributed by atoms with Gasteiger partial charge >= 0.3 is 5.97 Å². The molecule has 1 aliphatic heterocycles. The molecule has 5 aliphatic carbocycles. The molecule has 0 aromatic heterocycles. The first-order valence-electron chi connectivity index (χ1n) is 13.7. The molecular formula is C30H43NO4. The number of carbonyl (C=O) groups is 1. The lowest BCUT2D eigenvalue weighted by Crippen LogP contribution is -2.83. The summed E-state index contributed by atoms with van der Waals surface area (Å²) in [6.07, 6.45) is 9.70. The zero-order chi connectivity index (χ0) is 25.4. The van der Waals surface area contributed by atoms with E-state index in [4.69, 9.17) is 10.5 Å². The van der Waals surface area contributed by atoms with Gasteiger partial charge in [-0.3, -0.25) is 0 Å². The molecule has 0 radical (unpaired) electrons. The molecule has 35 heavy (non-hydrogen) atoms. The van der Waals surface area contributed by atoms with Gasteiger partial charge in [0.05, 0.1) is 11.2 Å². The van der Waals surface area contributed by atoms with E-state index in [1.165, 1.54) is 0 Å². The van der Waals surface area contributed by atoms with Crippen molar-refractivity contribution in [3.8, 4) is 0 Å². The average molecular weight is 482 g/mol. The van der Waals surface area contributed by atoms with E-state index in [9.17, 15) is 15.0 Å². The van der Waals surface area contributed by atoms with E-state index in [1.807, 2.05) is 6.08 Å². The predicted molar refractivity (Wildman–Crippen MR) is 135 cm³/mol. The summed E-state index contributed by atoms with van der Waals surface area (Å²) in [4.78, 5) is 13.0. The van der Waals surface area contributed by atoms with Gasteiger partial charge in [-0.1, -0.05) is 39.8 Å². The molecule has 0 bridgehead atoms. The van der Waals surface area contributed by atoms with Gasteiger partial charge in [-0.25, -0.2) is 4.79 Å². The van der Waals surface area contributed by atoms with Crippen LogP contribution in [-0.2, 0) is 9.53 Å². The standard InChI is InChI=1S/C30H43NO4/c1-7-10-26(33)17-25(6)24(5,21-16-35-23(32)22(21)26)13-20-14-28(20)27(25)12-9-19(27)15-29(31,18(3)4)30(28,34)11-8-2/h7-8,18-20,33-34H,1-2,9-17,31H2,3-6H3/t19-,20+,24-,25-,26?,27-,28+,29+,30?/m0/s1. The number of fused-ring (bicyclic) bond motifs is 2. The number of aliphatic hydroxyl groups is 2. The summed E-state index contributed by atoms with van der Waals surface area (Å²) in [6.45, 7) is 17.2. The first-order chi connectivity index (χ1) is 16.3. The van der Waals surface area contributed by atoms with Crippen molar-refractivity contribution in [2.75, 3.05) is 6.61 Å². The van der Waals surface area contributed by atoms with Crippen LogP contribution in [0.3, 0.4) is 0 Å². The number of ether oxygens (including phenoxy) is 1. The Kier molecular flexibility index (Phi) is 4.46. The highest BCUT2D eigenvalue weighted by Crippen LogP contribution is 2.93. The lowest BCUT2D eigenvalue weighted by atomic mass is 9.25. The number of carbonyl (C=O) groups excluding carboxylic acids is 1. The van der Waals surface area contributed by atoms with E-state index in [-0.39, 0.29) is 40.2 Å². The fraction of sp³-hybridized carbons (Fsp3) is 0.767. The van der Waals surface area contributed by atoms with Crippen LogP contribution in [0.1, 0.15) is 79.1 Å². The molecule has 4 fully saturated rings. The van der Waals surface area contributed by atoms with Crippen LogP contribution < -0.4 is 5.73 Å². The van der Waals surface area contributed by atoms with Gasteiger partial charge in [-0.05, 0) is 90.9 Å². The van der Waals surface area contributed by atoms with Crippen molar-refractivity contribution in [1.82, 2.24) is 0 Å². The van der Waals surface area contributed by atoms with Crippen LogP contribution in [0.2, 0.25) is 0 Å². The van der Waals surface area contributed by atoms with Gasteiger partial charge in [0.1, 0.15) is 12.2 Å². The molecule has 5 heteroatoms. The van der Waals surface area contributed by atoms with E-state index >= 15 is 0 Å². The van der Waals surface area contributed by atoms with Gasteiger partial charge in [0.15, 0.2) is 0 Å². The van der Waals surface area contributed by atoms with E-state index in [0.717, 1.165) is 37.7 Å². The van der Waals surface area contributed by atoms with Crippen molar-refractivity contribution < 1.29 is 19.7 Å². The monoisotopic (exact) mass is 481 g/mol. The lowest BCUT2D eigenvalue weighted by Gasteiger charge is -2.80. The van der Waals surface area contributed by atoms with Gasteiger partial charge < -0.3 is 20.7 Å². The summed E-state index contributed by atoms with van der Waals surface area (Å²) in [7, 11) is 0. The molecule has 6 aliphatic rings. The average Bonchev–Trinajstić information content (AvgIpc) is 3.31. The van der Waals surface area contributed by atoms with Crippen molar-refractivity contribution in [3.63, 3.8) is 0 Å². The van der Waals surface area contributed by atoms with Crippen molar-refractivity contribution in [2.45, 2.75) is 95.8 Å². The predicted octanol–water partition coefficient (Wildman–Crippen LogP) is 4.43. The highest BCUT2D eigenvalue weighted by Gasteiger charge is 2.91. The smallest absolute Gasteiger partial charge is 0.337 e. The third-order valence-corrected chi connectivity index (χ3v) is 13.0. The summed E-state index contributed by atoms with van der Waals surface area (Å²) in [5, 5.41) is 25.0. The van der Waals surface area contributed by atoms with E-state index in [0.29, 0.717) is 36.7 Å². The normalized spacial score (nSPS) is 55.6. The number of hydrogen-bond acceptors (Lipinski definition) is 5. The number of rotatable bonds is 5. The molecule has 4 N–H and O–H groups in total. The molecule has 192 valence electrons. The van der Waals surface area contributed by atoms with Crippen LogP contribution in [0, 0.1) is 39.4 Å². The molecule has 1 heterocycles. The Labute approximate surface area is 209 Å². The van der Waals surface area contributed by atoms with Gasteiger partial charge in [0, 0.05) is 11.0 Å². The fourth-order valence-corrected chi connectivity index (χ4v) is 11.4. The molecule has 2 spiro atoms. The Morgan fingerprint density at radius 2 is 1.77 bits per heavy atom. The molecule has 0 aromatic rings. The quantitative estimate of drug-likeness (QED) is 0.399. The summed E-state index contributed by atoms with van der Waals surface area (Å²) < 4.78 is 5.62. The molecule has 4 saturated carbocycles. The van der Waals surface area contributed by atoms with Crippen molar-refractivity contribution in [1.29, 1.82) is 0 Å². The first-order valence-corrected chi connectivity index (χ1v) is 13.7. The number of hydrogen-bond donors (Lipinski definition) is 3. The van der Waals surface area contributed by atoms with Crippen molar-refractivity contribution in [3.05, 3.63) is 36.5 Å². The zero-order valence-electron chi connectivity index (χ0n) is 22.0. The topological polar surface area (TPSA) is 92.8 Å². The highest BCUT2D eigenvalue weighted by atomic mass is 16.5.